The maximum Gasteiger partial charge on any atom is 0.253 e. The van der Waals surface area contributed by atoms with Crippen molar-refractivity contribution in [3.63, 3.8) is 0 Å². The Bertz CT molecular complexity index is 942. The molecular formula is C23H23N3O2. The summed E-state index contributed by atoms with van der Waals surface area (Å²) >= 11 is 0. The van der Waals surface area contributed by atoms with Crippen LogP contribution in [0.5, 0.6) is 5.75 Å². The summed E-state index contributed by atoms with van der Waals surface area (Å²) in [7, 11) is 1.66. The van der Waals surface area contributed by atoms with Crippen LogP contribution >= 0.6 is 0 Å². The Labute approximate surface area is 165 Å². The number of carbonyl (C=O) groups excluding carboxylic acids is 1. The van der Waals surface area contributed by atoms with E-state index in [1.165, 1.54) is 0 Å². The molecule has 2 aromatic heterocycles. The number of ether oxygens (including phenoxy) is 1. The lowest BCUT2D eigenvalue weighted by Gasteiger charge is -2.32. The summed E-state index contributed by atoms with van der Waals surface area (Å²) in [5.74, 6) is 1.15. The van der Waals surface area contributed by atoms with Crippen LogP contribution in [0, 0.1) is 0 Å². The van der Waals surface area contributed by atoms with Crippen LogP contribution in [0.15, 0.2) is 67.0 Å². The van der Waals surface area contributed by atoms with Gasteiger partial charge in [-0.05, 0) is 61.4 Å². The van der Waals surface area contributed by atoms with Crippen LogP contribution in [0.1, 0.15) is 34.8 Å². The monoisotopic (exact) mass is 373 g/mol. The Morgan fingerprint density at radius 3 is 2.61 bits per heavy atom. The quantitative estimate of drug-likeness (QED) is 0.689. The zero-order valence-corrected chi connectivity index (χ0v) is 15.9. The molecule has 28 heavy (non-hydrogen) atoms. The van der Waals surface area contributed by atoms with Crippen LogP contribution < -0.4 is 4.74 Å². The Morgan fingerprint density at radius 1 is 1.07 bits per heavy atom. The van der Waals surface area contributed by atoms with Gasteiger partial charge in [0.05, 0.1) is 12.8 Å². The van der Waals surface area contributed by atoms with Crippen molar-refractivity contribution in [1.82, 2.24) is 14.9 Å². The van der Waals surface area contributed by atoms with E-state index < -0.39 is 0 Å². The van der Waals surface area contributed by atoms with Crippen LogP contribution in [0.3, 0.4) is 0 Å². The van der Waals surface area contributed by atoms with E-state index >= 15 is 0 Å². The molecule has 3 heterocycles. The molecule has 3 aromatic rings. The number of nitrogens with zero attached hydrogens (tertiary/aromatic N) is 3. The summed E-state index contributed by atoms with van der Waals surface area (Å²) in [5, 5.41) is 0. The van der Waals surface area contributed by atoms with E-state index in [2.05, 4.69) is 11.1 Å². The van der Waals surface area contributed by atoms with Gasteiger partial charge in [0.15, 0.2) is 0 Å². The minimum atomic E-state index is 0.0680. The highest BCUT2D eigenvalue weighted by molar-refractivity contribution is 5.94. The van der Waals surface area contributed by atoms with Crippen molar-refractivity contribution in [3.05, 3.63) is 78.2 Å². The molecule has 5 heteroatoms. The molecule has 1 amide bonds. The van der Waals surface area contributed by atoms with Crippen molar-refractivity contribution in [2.75, 3.05) is 20.2 Å². The Balaban J connectivity index is 1.53. The van der Waals surface area contributed by atoms with Gasteiger partial charge in [-0.3, -0.25) is 14.8 Å². The highest BCUT2D eigenvalue weighted by atomic mass is 16.5. The van der Waals surface area contributed by atoms with Crippen LogP contribution in [0.2, 0.25) is 0 Å². The number of likely N-dealkylation sites (tertiary alicyclic amines) is 1. The molecule has 1 aromatic carbocycles. The number of rotatable bonds is 4. The predicted octanol–water partition coefficient (Wildman–Crippen LogP) is 4.17. The zero-order valence-electron chi connectivity index (χ0n) is 15.9. The molecule has 1 aliphatic rings. The number of amides is 1. The molecule has 0 aliphatic carbocycles. The standard InChI is InChI=1S/C23H23N3O2/c1-28-20-9-7-17(8-10-20)21-5-2-6-22(25-21)19-4-3-15-26(16-19)23(27)18-11-13-24-14-12-18/h2,5-14,19H,3-4,15-16H2,1H3. The molecule has 1 saturated heterocycles. The molecule has 1 atom stereocenters. The third-order valence-corrected chi connectivity index (χ3v) is 5.21. The van der Waals surface area contributed by atoms with E-state index in [1.807, 2.05) is 41.3 Å². The molecule has 1 unspecified atom stereocenters. The van der Waals surface area contributed by atoms with Crippen LogP contribution in [-0.2, 0) is 0 Å². The first-order valence-corrected chi connectivity index (χ1v) is 9.55. The van der Waals surface area contributed by atoms with Crippen molar-refractivity contribution < 1.29 is 9.53 Å². The predicted molar refractivity (Wildman–Crippen MR) is 108 cm³/mol. The molecule has 142 valence electrons. The first kappa shape index (κ1) is 18.2. The molecular weight excluding hydrogens is 350 g/mol. The zero-order chi connectivity index (χ0) is 19.3. The smallest absolute Gasteiger partial charge is 0.253 e. The number of benzene rings is 1. The largest absolute Gasteiger partial charge is 0.497 e. The lowest BCUT2D eigenvalue weighted by Crippen LogP contribution is -2.39. The number of hydrogen-bond donors (Lipinski definition) is 0. The maximum atomic E-state index is 12.8. The van der Waals surface area contributed by atoms with Crippen molar-refractivity contribution in [2.45, 2.75) is 18.8 Å². The van der Waals surface area contributed by atoms with Crippen molar-refractivity contribution >= 4 is 5.91 Å². The van der Waals surface area contributed by atoms with Crippen LogP contribution in [-0.4, -0.2) is 41.0 Å². The number of methoxy groups -OCH3 is 1. The second kappa shape index (κ2) is 8.21. The topological polar surface area (TPSA) is 55.3 Å². The van der Waals surface area contributed by atoms with Gasteiger partial charge >= 0.3 is 0 Å². The summed E-state index contributed by atoms with van der Waals surface area (Å²) in [6.45, 7) is 1.48. The number of pyridine rings is 2. The molecule has 0 radical (unpaired) electrons. The van der Waals surface area contributed by atoms with E-state index in [0.29, 0.717) is 12.1 Å². The second-order valence-electron chi connectivity index (χ2n) is 7.00. The number of aromatic nitrogens is 2. The summed E-state index contributed by atoms with van der Waals surface area (Å²) in [6, 6.07) is 17.6. The third-order valence-electron chi connectivity index (χ3n) is 5.21. The van der Waals surface area contributed by atoms with Crippen LogP contribution in [0.25, 0.3) is 11.3 Å². The fourth-order valence-corrected chi connectivity index (χ4v) is 3.68. The van der Waals surface area contributed by atoms with Gasteiger partial charge in [0.2, 0.25) is 0 Å². The molecule has 1 fully saturated rings. The molecule has 0 spiro atoms. The molecule has 0 N–H and O–H groups in total. The Morgan fingerprint density at radius 2 is 1.86 bits per heavy atom. The van der Waals surface area contributed by atoms with Gasteiger partial charge in [0, 0.05) is 48.2 Å². The average molecular weight is 373 g/mol. The normalized spacial score (nSPS) is 16.6. The molecule has 0 bridgehead atoms. The van der Waals surface area contributed by atoms with Gasteiger partial charge in [0.1, 0.15) is 5.75 Å². The fraction of sp³-hybridized carbons (Fsp3) is 0.261. The van der Waals surface area contributed by atoms with Crippen LogP contribution in [0.4, 0.5) is 0 Å². The van der Waals surface area contributed by atoms with Crippen molar-refractivity contribution in [1.29, 1.82) is 0 Å². The summed E-state index contributed by atoms with van der Waals surface area (Å²) in [5.41, 5.74) is 3.73. The molecule has 1 aliphatic heterocycles. The summed E-state index contributed by atoms with van der Waals surface area (Å²) in [6.07, 6.45) is 5.35. The SMILES string of the molecule is COc1ccc(-c2cccc(C3CCCN(C(=O)c4ccncc4)C3)n2)cc1. The van der Waals surface area contributed by atoms with Gasteiger partial charge in [-0.1, -0.05) is 6.07 Å². The average Bonchev–Trinajstić information content (AvgIpc) is 2.79. The molecule has 5 nitrogen and oxygen atoms in total. The van der Waals surface area contributed by atoms with E-state index in [0.717, 1.165) is 42.1 Å². The van der Waals surface area contributed by atoms with E-state index in [1.54, 1.807) is 31.6 Å². The van der Waals surface area contributed by atoms with Crippen molar-refractivity contribution in [2.24, 2.45) is 0 Å². The van der Waals surface area contributed by atoms with E-state index in [-0.39, 0.29) is 11.8 Å². The number of carbonyl (C=O) groups is 1. The molecule has 0 saturated carbocycles. The highest BCUT2D eigenvalue weighted by Gasteiger charge is 2.26. The summed E-state index contributed by atoms with van der Waals surface area (Å²) in [4.78, 5) is 23.6. The lowest BCUT2D eigenvalue weighted by molar-refractivity contribution is 0.0706. The summed E-state index contributed by atoms with van der Waals surface area (Å²) < 4.78 is 5.23. The molecule has 4 rings (SSSR count). The third kappa shape index (κ3) is 3.88. The first-order chi connectivity index (χ1) is 13.7. The van der Waals surface area contributed by atoms with Crippen molar-refractivity contribution in [3.8, 4) is 17.0 Å². The van der Waals surface area contributed by atoms with Gasteiger partial charge in [-0.15, -0.1) is 0 Å². The first-order valence-electron chi connectivity index (χ1n) is 9.55. The Hall–Kier alpha value is -3.21. The minimum Gasteiger partial charge on any atom is -0.497 e. The van der Waals surface area contributed by atoms with E-state index in [4.69, 9.17) is 9.72 Å². The highest BCUT2D eigenvalue weighted by Crippen LogP contribution is 2.29. The number of piperidine rings is 1. The Kier molecular flexibility index (Phi) is 5.33. The van der Waals surface area contributed by atoms with E-state index in [9.17, 15) is 4.79 Å². The van der Waals surface area contributed by atoms with Gasteiger partial charge in [-0.25, -0.2) is 0 Å². The van der Waals surface area contributed by atoms with Gasteiger partial charge < -0.3 is 9.64 Å². The minimum absolute atomic E-state index is 0.0680. The number of hydrogen-bond acceptors (Lipinski definition) is 4. The van der Waals surface area contributed by atoms with Gasteiger partial charge in [-0.2, -0.15) is 0 Å². The van der Waals surface area contributed by atoms with Gasteiger partial charge in [0.25, 0.3) is 5.91 Å². The lowest BCUT2D eigenvalue weighted by atomic mass is 9.93. The fourth-order valence-electron chi connectivity index (χ4n) is 3.68. The maximum absolute atomic E-state index is 12.8. The second-order valence-corrected chi connectivity index (χ2v) is 7.00.